The van der Waals surface area contributed by atoms with Crippen LogP contribution in [-0.2, 0) is 5.75 Å². The number of nitrogens with zero attached hydrogens (tertiary/aromatic N) is 5. The third-order valence-electron chi connectivity index (χ3n) is 2.67. The highest BCUT2D eigenvalue weighted by molar-refractivity contribution is 7.98. The van der Waals surface area contributed by atoms with Gasteiger partial charge in [0.25, 0.3) is 0 Å². The van der Waals surface area contributed by atoms with E-state index < -0.39 is 0 Å². The third kappa shape index (κ3) is 2.75. The average Bonchev–Trinajstić information content (AvgIpc) is 3.16. The summed E-state index contributed by atoms with van der Waals surface area (Å²) < 4.78 is 7.27. The minimum Gasteiger partial charge on any atom is -0.338 e. The maximum Gasteiger partial charge on any atom is 0.237 e. The normalized spacial score (nSPS) is 11.3. The summed E-state index contributed by atoms with van der Waals surface area (Å²) in [5, 5.41) is 16.9. The molecule has 6 nitrogen and oxygen atoms in total. The van der Waals surface area contributed by atoms with Crippen molar-refractivity contribution in [2.75, 3.05) is 0 Å². The second-order valence-electron chi connectivity index (χ2n) is 4.43. The zero-order chi connectivity index (χ0) is 13.9. The van der Waals surface area contributed by atoms with E-state index in [-0.39, 0.29) is 0 Å². The molecule has 0 fully saturated rings. The van der Waals surface area contributed by atoms with Crippen molar-refractivity contribution in [2.24, 2.45) is 0 Å². The van der Waals surface area contributed by atoms with Crippen molar-refractivity contribution in [3.8, 4) is 11.4 Å². The minimum absolute atomic E-state index is 0.330. The predicted molar refractivity (Wildman–Crippen MR) is 77.6 cm³/mol. The van der Waals surface area contributed by atoms with Gasteiger partial charge in [0.2, 0.25) is 11.7 Å². The smallest absolute Gasteiger partial charge is 0.237 e. The van der Waals surface area contributed by atoms with Crippen molar-refractivity contribution in [2.45, 2.75) is 30.8 Å². The monoisotopic (exact) mass is 307 g/mol. The van der Waals surface area contributed by atoms with Crippen molar-refractivity contribution in [3.63, 3.8) is 0 Å². The molecule has 0 unspecified atom stereocenters. The number of aromatic nitrogens is 5. The van der Waals surface area contributed by atoms with E-state index in [1.807, 2.05) is 21.4 Å². The molecule has 3 heterocycles. The van der Waals surface area contributed by atoms with Gasteiger partial charge in [0.1, 0.15) is 6.33 Å². The van der Waals surface area contributed by atoms with E-state index in [0.717, 1.165) is 10.7 Å². The Balaban J connectivity index is 1.68. The molecule has 0 N–H and O–H groups in total. The Kier molecular flexibility index (Phi) is 3.83. The second kappa shape index (κ2) is 5.76. The quantitative estimate of drug-likeness (QED) is 0.674. The van der Waals surface area contributed by atoms with Crippen molar-refractivity contribution in [1.29, 1.82) is 0 Å². The Bertz CT molecular complexity index is 674. The molecule has 0 saturated heterocycles. The van der Waals surface area contributed by atoms with Gasteiger partial charge in [-0.05, 0) is 25.3 Å². The van der Waals surface area contributed by atoms with Gasteiger partial charge in [0.05, 0.1) is 5.75 Å². The van der Waals surface area contributed by atoms with Crippen LogP contribution in [-0.4, -0.2) is 24.9 Å². The van der Waals surface area contributed by atoms with Gasteiger partial charge in [-0.1, -0.05) is 16.9 Å². The first-order valence-electron chi connectivity index (χ1n) is 6.11. The van der Waals surface area contributed by atoms with E-state index in [0.29, 0.717) is 23.5 Å². The first kappa shape index (κ1) is 13.3. The molecule has 3 aromatic heterocycles. The Morgan fingerprint density at radius 2 is 2.35 bits per heavy atom. The Hall–Kier alpha value is -1.67. The standard InChI is InChI=1S/C12H13N5OS2/c1-8(2)17-7-13-15-12(17)20-6-10-14-11(16-18-10)9-3-4-19-5-9/h3-5,7-8H,6H2,1-2H3. The average molecular weight is 307 g/mol. The number of hydrogen-bond donors (Lipinski definition) is 0. The number of hydrogen-bond acceptors (Lipinski definition) is 7. The second-order valence-corrected chi connectivity index (χ2v) is 6.15. The summed E-state index contributed by atoms with van der Waals surface area (Å²) in [5.74, 6) is 1.81. The topological polar surface area (TPSA) is 69.6 Å². The Labute approximate surface area is 124 Å². The highest BCUT2D eigenvalue weighted by Gasteiger charge is 2.12. The Morgan fingerprint density at radius 1 is 1.45 bits per heavy atom. The molecular formula is C12H13N5OS2. The van der Waals surface area contributed by atoms with E-state index in [1.54, 1.807) is 29.4 Å². The molecule has 0 aromatic carbocycles. The molecule has 8 heteroatoms. The molecule has 0 saturated carbocycles. The summed E-state index contributed by atoms with van der Waals surface area (Å²) in [6.07, 6.45) is 1.73. The first-order valence-corrected chi connectivity index (χ1v) is 8.04. The molecule has 0 amide bonds. The Morgan fingerprint density at radius 3 is 3.10 bits per heavy atom. The lowest BCUT2D eigenvalue weighted by atomic mass is 10.3. The van der Waals surface area contributed by atoms with Crippen LogP contribution in [0.1, 0.15) is 25.8 Å². The fraction of sp³-hybridized carbons (Fsp3) is 0.333. The van der Waals surface area contributed by atoms with Crippen LogP contribution >= 0.6 is 23.1 Å². The molecular weight excluding hydrogens is 294 g/mol. The van der Waals surface area contributed by atoms with Crippen molar-refractivity contribution in [3.05, 3.63) is 29.0 Å². The van der Waals surface area contributed by atoms with Crippen LogP contribution in [0.2, 0.25) is 0 Å². The molecule has 20 heavy (non-hydrogen) atoms. The number of thioether (sulfide) groups is 1. The summed E-state index contributed by atoms with van der Waals surface area (Å²) in [7, 11) is 0. The molecule has 0 aliphatic heterocycles. The van der Waals surface area contributed by atoms with Gasteiger partial charge in [-0.15, -0.1) is 10.2 Å². The largest absolute Gasteiger partial charge is 0.338 e. The maximum atomic E-state index is 5.25. The number of rotatable bonds is 5. The lowest BCUT2D eigenvalue weighted by Crippen LogP contribution is -2.00. The molecule has 0 bridgehead atoms. The zero-order valence-electron chi connectivity index (χ0n) is 11.1. The summed E-state index contributed by atoms with van der Waals surface area (Å²) in [5.41, 5.74) is 0.986. The van der Waals surface area contributed by atoms with Crippen LogP contribution in [0.5, 0.6) is 0 Å². The molecule has 0 atom stereocenters. The van der Waals surface area contributed by atoms with Crippen molar-refractivity contribution >= 4 is 23.1 Å². The van der Waals surface area contributed by atoms with Crippen molar-refractivity contribution < 1.29 is 4.52 Å². The summed E-state index contributed by atoms with van der Waals surface area (Å²) in [4.78, 5) is 4.38. The molecule has 0 radical (unpaired) electrons. The van der Waals surface area contributed by atoms with Gasteiger partial charge in [-0.3, -0.25) is 0 Å². The third-order valence-corrected chi connectivity index (χ3v) is 4.29. The fourth-order valence-corrected chi connectivity index (χ4v) is 3.15. The van der Waals surface area contributed by atoms with Gasteiger partial charge < -0.3 is 9.09 Å². The summed E-state index contributed by atoms with van der Waals surface area (Å²) >= 11 is 3.15. The van der Waals surface area contributed by atoms with Gasteiger partial charge in [-0.25, -0.2) is 0 Å². The van der Waals surface area contributed by atoms with Crippen LogP contribution in [0, 0.1) is 0 Å². The van der Waals surface area contributed by atoms with E-state index >= 15 is 0 Å². The van der Waals surface area contributed by atoms with E-state index in [9.17, 15) is 0 Å². The molecule has 0 spiro atoms. The summed E-state index contributed by atoms with van der Waals surface area (Å²) in [6, 6.07) is 2.30. The zero-order valence-corrected chi connectivity index (χ0v) is 12.7. The summed E-state index contributed by atoms with van der Waals surface area (Å²) in [6.45, 7) is 4.18. The highest BCUT2D eigenvalue weighted by Crippen LogP contribution is 2.24. The van der Waals surface area contributed by atoms with Crippen LogP contribution in [0.3, 0.4) is 0 Å². The SMILES string of the molecule is CC(C)n1cnnc1SCc1nc(-c2ccsc2)no1. The van der Waals surface area contributed by atoms with E-state index in [2.05, 4.69) is 34.2 Å². The van der Waals surface area contributed by atoms with Crippen LogP contribution in [0.25, 0.3) is 11.4 Å². The van der Waals surface area contributed by atoms with Crippen molar-refractivity contribution in [1.82, 2.24) is 24.9 Å². The van der Waals surface area contributed by atoms with Crippen LogP contribution in [0.4, 0.5) is 0 Å². The van der Waals surface area contributed by atoms with Crippen LogP contribution < -0.4 is 0 Å². The molecule has 3 rings (SSSR count). The van der Waals surface area contributed by atoms with Gasteiger partial charge >= 0.3 is 0 Å². The minimum atomic E-state index is 0.330. The highest BCUT2D eigenvalue weighted by atomic mass is 32.2. The van der Waals surface area contributed by atoms with Gasteiger partial charge in [-0.2, -0.15) is 16.3 Å². The molecule has 3 aromatic rings. The van der Waals surface area contributed by atoms with Gasteiger partial charge in [0.15, 0.2) is 5.16 Å². The number of thiophene rings is 1. The molecule has 0 aliphatic carbocycles. The van der Waals surface area contributed by atoms with E-state index in [4.69, 9.17) is 4.52 Å². The molecule has 0 aliphatic rings. The fourth-order valence-electron chi connectivity index (χ4n) is 1.64. The molecule has 104 valence electrons. The maximum absolute atomic E-state index is 5.25. The van der Waals surface area contributed by atoms with Gasteiger partial charge in [0, 0.05) is 17.0 Å². The van der Waals surface area contributed by atoms with Crippen LogP contribution in [0.15, 0.2) is 32.8 Å². The predicted octanol–water partition coefficient (Wildman–Crippen LogP) is 3.26. The van der Waals surface area contributed by atoms with E-state index in [1.165, 1.54) is 0 Å². The lowest BCUT2D eigenvalue weighted by molar-refractivity contribution is 0.391. The first-order chi connectivity index (χ1) is 9.74. The lowest BCUT2D eigenvalue weighted by Gasteiger charge is -2.07.